The lowest BCUT2D eigenvalue weighted by Crippen LogP contribution is -2.27. The molecule has 1 aromatic rings. The summed E-state index contributed by atoms with van der Waals surface area (Å²) in [6, 6.07) is 7.11. The van der Waals surface area contributed by atoms with E-state index in [2.05, 4.69) is 17.0 Å². The lowest BCUT2D eigenvalue weighted by atomic mass is 10.2. The first kappa shape index (κ1) is 12.6. The van der Waals surface area contributed by atoms with Gasteiger partial charge in [0.25, 0.3) is 0 Å². The zero-order valence-corrected chi connectivity index (χ0v) is 9.59. The largest absolute Gasteiger partial charge is 0.395 e. The highest BCUT2D eigenvalue weighted by atomic mass is 16.3. The fourth-order valence-electron chi connectivity index (χ4n) is 1.56. The van der Waals surface area contributed by atoms with Gasteiger partial charge in [-0.05, 0) is 35.9 Å². The number of rotatable bonds is 7. The first-order valence-corrected chi connectivity index (χ1v) is 5.61. The lowest BCUT2D eigenvalue weighted by molar-refractivity contribution is 0.301. The molecule has 0 aromatic heterocycles. The van der Waals surface area contributed by atoms with Crippen LogP contribution in [0.15, 0.2) is 29.4 Å². The van der Waals surface area contributed by atoms with Gasteiger partial charge in [-0.1, -0.05) is 13.3 Å². The minimum atomic E-state index is 0.136. The van der Waals surface area contributed by atoms with Crippen LogP contribution >= 0.6 is 0 Å². The van der Waals surface area contributed by atoms with Gasteiger partial charge in [-0.25, -0.2) is 0 Å². The summed E-state index contributed by atoms with van der Waals surface area (Å²) < 4.78 is 0. The normalized spacial score (nSPS) is 10.1. The van der Waals surface area contributed by atoms with Crippen molar-refractivity contribution in [2.24, 2.45) is 5.18 Å². The van der Waals surface area contributed by atoms with Gasteiger partial charge in [-0.15, -0.1) is 4.91 Å². The van der Waals surface area contributed by atoms with E-state index in [1.54, 1.807) is 12.1 Å². The quantitative estimate of drug-likeness (QED) is 0.721. The molecule has 0 aliphatic carbocycles. The summed E-state index contributed by atoms with van der Waals surface area (Å²) >= 11 is 0. The molecule has 0 aliphatic rings. The van der Waals surface area contributed by atoms with Crippen LogP contribution in [0, 0.1) is 4.91 Å². The van der Waals surface area contributed by atoms with Crippen LogP contribution in [0.1, 0.15) is 19.8 Å². The number of unbranched alkanes of at least 4 members (excludes halogenated alkanes) is 1. The minimum Gasteiger partial charge on any atom is -0.395 e. The Morgan fingerprint density at radius 1 is 1.25 bits per heavy atom. The van der Waals surface area contributed by atoms with Crippen molar-refractivity contribution in [2.75, 3.05) is 24.6 Å². The van der Waals surface area contributed by atoms with Crippen LogP contribution in [-0.2, 0) is 0 Å². The molecule has 0 aliphatic heterocycles. The fourth-order valence-corrected chi connectivity index (χ4v) is 1.56. The highest BCUT2D eigenvalue weighted by molar-refractivity contribution is 5.52. The average molecular weight is 222 g/mol. The van der Waals surface area contributed by atoms with Crippen molar-refractivity contribution in [1.29, 1.82) is 0 Å². The minimum absolute atomic E-state index is 0.136. The maximum atomic E-state index is 10.3. The van der Waals surface area contributed by atoms with Gasteiger partial charge in [-0.3, -0.25) is 0 Å². The molecule has 0 saturated carbocycles. The Labute approximate surface area is 95.9 Å². The van der Waals surface area contributed by atoms with Crippen molar-refractivity contribution in [3.8, 4) is 0 Å². The highest BCUT2D eigenvalue weighted by Crippen LogP contribution is 2.19. The highest BCUT2D eigenvalue weighted by Gasteiger charge is 2.05. The Hall–Kier alpha value is -1.42. The van der Waals surface area contributed by atoms with Gasteiger partial charge in [0.15, 0.2) is 0 Å². The molecule has 1 aromatic carbocycles. The van der Waals surface area contributed by atoms with Crippen LogP contribution in [0.5, 0.6) is 0 Å². The Morgan fingerprint density at radius 2 is 1.94 bits per heavy atom. The molecule has 0 unspecified atom stereocenters. The standard InChI is InChI=1S/C12H18N2O2/c1-2-3-8-14(9-10-15)12-6-4-11(13-16)5-7-12/h4-7,15H,2-3,8-10H2,1H3. The van der Waals surface area contributed by atoms with Crippen LogP contribution < -0.4 is 4.90 Å². The number of nitroso groups, excluding NO2 is 1. The van der Waals surface area contributed by atoms with E-state index in [1.165, 1.54) is 0 Å². The van der Waals surface area contributed by atoms with Crippen molar-refractivity contribution in [1.82, 2.24) is 0 Å². The molecule has 16 heavy (non-hydrogen) atoms. The van der Waals surface area contributed by atoms with Gasteiger partial charge in [0.2, 0.25) is 0 Å². The van der Waals surface area contributed by atoms with Gasteiger partial charge >= 0.3 is 0 Å². The molecule has 1 N–H and O–H groups in total. The van der Waals surface area contributed by atoms with Gasteiger partial charge < -0.3 is 10.0 Å². The third-order valence-electron chi connectivity index (χ3n) is 2.47. The second kappa shape index (κ2) is 6.95. The summed E-state index contributed by atoms with van der Waals surface area (Å²) in [4.78, 5) is 12.4. The van der Waals surface area contributed by atoms with Crippen LogP contribution in [0.3, 0.4) is 0 Å². The maximum Gasteiger partial charge on any atom is 0.108 e. The molecule has 0 saturated heterocycles. The fraction of sp³-hybridized carbons (Fsp3) is 0.500. The Balaban J connectivity index is 2.70. The molecule has 1 rings (SSSR count). The first-order chi connectivity index (χ1) is 7.81. The molecule has 0 radical (unpaired) electrons. The van der Waals surface area contributed by atoms with Crippen LogP contribution in [0.4, 0.5) is 11.4 Å². The van der Waals surface area contributed by atoms with Gasteiger partial charge in [0.1, 0.15) is 5.69 Å². The average Bonchev–Trinajstić information content (AvgIpc) is 2.35. The molecule has 88 valence electrons. The number of benzene rings is 1. The van der Waals surface area contributed by atoms with Crippen LogP contribution in [-0.4, -0.2) is 24.8 Å². The molecular formula is C12H18N2O2. The Morgan fingerprint density at radius 3 is 2.44 bits per heavy atom. The van der Waals surface area contributed by atoms with Gasteiger partial charge in [0.05, 0.1) is 6.61 Å². The summed E-state index contributed by atoms with van der Waals surface area (Å²) in [7, 11) is 0. The van der Waals surface area contributed by atoms with E-state index in [-0.39, 0.29) is 6.61 Å². The lowest BCUT2D eigenvalue weighted by Gasteiger charge is -2.23. The summed E-state index contributed by atoms with van der Waals surface area (Å²) in [6.07, 6.45) is 2.21. The SMILES string of the molecule is CCCCN(CCO)c1ccc(N=O)cc1. The maximum absolute atomic E-state index is 10.3. The Kier molecular flexibility index (Phi) is 5.50. The topological polar surface area (TPSA) is 52.9 Å². The van der Waals surface area contributed by atoms with Crippen LogP contribution in [0.25, 0.3) is 0 Å². The van der Waals surface area contributed by atoms with E-state index >= 15 is 0 Å². The molecule has 0 fully saturated rings. The number of aliphatic hydroxyl groups excluding tert-OH is 1. The summed E-state index contributed by atoms with van der Waals surface area (Å²) in [5.41, 5.74) is 1.46. The smallest absolute Gasteiger partial charge is 0.108 e. The number of nitrogens with zero attached hydrogens (tertiary/aromatic N) is 2. The van der Waals surface area contributed by atoms with Crippen molar-refractivity contribution in [3.63, 3.8) is 0 Å². The molecule has 0 amide bonds. The number of aliphatic hydroxyl groups is 1. The van der Waals surface area contributed by atoms with Crippen molar-refractivity contribution in [2.45, 2.75) is 19.8 Å². The summed E-state index contributed by atoms with van der Waals surface area (Å²) in [5, 5.41) is 11.8. The zero-order valence-electron chi connectivity index (χ0n) is 9.59. The third kappa shape index (κ3) is 3.62. The van der Waals surface area contributed by atoms with Crippen LogP contribution in [0.2, 0.25) is 0 Å². The molecule has 0 spiro atoms. The molecule has 4 heteroatoms. The van der Waals surface area contributed by atoms with E-state index < -0.39 is 0 Å². The van der Waals surface area contributed by atoms with Crippen molar-refractivity contribution < 1.29 is 5.11 Å². The molecule has 4 nitrogen and oxygen atoms in total. The molecule has 0 heterocycles. The summed E-state index contributed by atoms with van der Waals surface area (Å²) in [5.74, 6) is 0. The summed E-state index contributed by atoms with van der Waals surface area (Å²) in [6.45, 7) is 3.81. The number of hydrogen-bond acceptors (Lipinski definition) is 4. The number of anilines is 1. The second-order valence-corrected chi connectivity index (χ2v) is 3.67. The predicted octanol–water partition coefficient (Wildman–Crippen LogP) is 2.68. The van der Waals surface area contributed by atoms with E-state index in [4.69, 9.17) is 5.11 Å². The molecular weight excluding hydrogens is 204 g/mol. The van der Waals surface area contributed by atoms with E-state index in [9.17, 15) is 4.91 Å². The number of hydrogen-bond donors (Lipinski definition) is 1. The van der Waals surface area contributed by atoms with Crippen molar-refractivity contribution >= 4 is 11.4 Å². The van der Waals surface area contributed by atoms with Gasteiger partial charge in [0, 0.05) is 18.8 Å². The zero-order chi connectivity index (χ0) is 11.8. The third-order valence-corrected chi connectivity index (χ3v) is 2.47. The van der Waals surface area contributed by atoms with E-state index in [0.717, 1.165) is 25.1 Å². The van der Waals surface area contributed by atoms with E-state index in [1.807, 2.05) is 12.1 Å². The molecule has 0 atom stereocenters. The Bertz CT molecular complexity index is 311. The molecule has 0 bridgehead atoms. The monoisotopic (exact) mass is 222 g/mol. The van der Waals surface area contributed by atoms with Crippen molar-refractivity contribution in [3.05, 3.63) is 29.2 Å². The van der Waals surface area contributed by atoms with Gasteiger partial charge in [-0.2, -0.15) is 0 Å². The first-order valence-electron chi connectivity index (χ1n) is 5.61. The second-order valence-electron chi connectivity index (χ2n) is 3.67. The predicted molar refractivity (Wildman–Crippen MR) is 66.1 cm³/mol. The van der Waals surface area contributed by atoms with E-state index in [0.29, 0.717) is 12.2 Å².